The van der Waals surface area contributed by atoms with Gasteiger partial charge in [0.25, 0.3) is 5.91 Å². The maximum Gasteiger partial charge on any atom is 0.269 e. The highest BCUT2D eigenvalue weighted by Crippen LogP contribution is 2.21. The standard InChI is InChI=1S/C22H28N6O2/c1-13(2)19(12-29)25-21(30)20-11-18(27-28(20)5)17-6-7-23-22(26-17)24-16-9-14(3)8-15(4)10-16/h6-11,13,19,29H,12H2,1-5H3,(H,25,30)(H,23,24,26)/t19-/m1/s1. The normalized spacial score (nSPS) is 12.1. The number of carbonyl (C=O) groups is 1. The minimum Gasteiger partial charge on any atom is -0.394 e. The maximum absolute atomic E-state index is 12.6. The fourth-order valence-electron chi connectivity index (χ4n) is 3.21. The van der Waals surface area contributed by atoms with Crippen LogP contribution in [0.25, 0.3) is 11.4 Å². The number of anilines is 2. The highest BCUT2D eigenvalue weighted by Gasteiger charge is 2.20. The van der Waals surface area contributed by atoms with E-state index in [0.29, 0.717) is 23.0 Å². The van der Waals surface area contributed by atoms with Crippen LogP contribution in [0.5, 0.6) is 0 Å². The summed E-state index contributed by atoms with van der Waals surface area (Å²) in [4.78, 5) is 21.5. The molecular weight excluding hydrogens is 380 g/mol. The maximum atomic E-state index is 12.6. The summed E-state index contributed by atoms with van der Waals surface area (Å²) in [5, 5.41) is 20.0. The summed E-state index contributed by atoms with van der Waals surface area (Å²) in [5.74, 6) is 0.286. The van der Waals surface area contributed by atoms with Crippen molar-refractivity contribution in [3.8, 4) is 11.4 Å². The van der Waals surface area contributed by atoms with E-state index >= 15 is 0 Å². The summed E-state index contributed by atoms with van der Waals surface area (Å²) in [5.41, 5.74) is 4.78. The van der Waals surface area contributed by atoms with Gasteiger partial charge in [0, 0.05) is 18.9 Å². The van der Waals surface area contributed by atoms with E-state index in [-0.39, 0.29) is 24.5 Å². The lowest BCUT2D eigenvalue weighted by Crippen LogP contribution is -2.41. The van der Waals surface area contributed by atoms with Crippen LogP contribution in [0.4, 0.5) is 11.6 Å². The molecule has 3 N–H and O–H groups in total. The number of aliphatic hydroxyl groups is 1. The van der Waals surface area contributed by atoms with Gasteiger partial charge in [-0.15, -0.1) is 0 Å². The van der Waals surface area contributed by atoms with Gasteiger partial charge in [0.2, 0.25) is 5.95 Å². The molecule has 3 rings (SSSR count). The number of aryl methyl sites for hydroxylation is 3. The van der Waals surface area contributed by atoms with Crippen LogP contribution in [-0.2, 0) is 7.05 Å². The van der Waals surface area contributed by atoms with Crippen molar-refractivity contribution in [2.75, 3.05) is 11.9 Å². The Morgan fingerprint density at radius 2 is 1.83 bits per heavy atom. The van der Waals surface area contributed by atoms with Crippen LogP contribution in [0.3, 0.4) is 0 Å². The highest BCUT2D eigenvalue weighted by atomic mass is 16.3. The minimum absolute atomic E-state index is 0.118. The van der Waals surface area contributed by atoms with Crippen molar-refractivity contribution < 1.29 is 9.90 Å². The molecule has 0 spiro atoms. The van der Waals surface area contributed by atoms with E-state index in [2.05, 4.69) is 31.8 Å². The lowest BCUT2D eigenvalue weighted by molar-refractivity contribution is 0.0887. The van der Waals surface area contributed by atoms with Crippen molar-refractivity contribution in [1.29, 1.82) is 0 Å². The topological polar surface area (TPSA) is 105 Å². The molecule has 8 nitrogen and oxygen atoms in total. The number of hydrogen-bond donors (Lipinski definition) is 3. The van der Waals surface area contributed by atoms with Crippen molar-refractivity contribution in [1.82, 2.24) is 25.1 Å². The van der Waals surface area contributed by atoms with Gasteiger partial charge in [0.05, 0.1) is 18.3 Å². The zero-order chi connectivity index (χ0) is 21.8. The SMILES string of the molecule is Cc1cc(C)cc(Nc2nccc(-c3cc(C(=O)N[C@H](CO)C(C)C)n(C)n3)n2)c1. The molecule has 0 saturated heterocycles. The zero-order valence-electron chi connectivity index (χ0n) is 18.0. The smallest absolute Gasteiger partial charge is 0.269 e. The summed E-state index contributed by atoms with van der Waals surface area (Å²) in [6.07, 6.45) is 1.66. The molecule has 0 aliphatic heterocycles. The van der Waals surface area contributed by atoms with Crippen LogP contribution in [0, 0.1) is 19.8 Å². The molecule has 30 heavy (non-hydrogen) atoms. The number of nitrogens with one attached hydrogen (secondary N) is 2. The van der Waals surface area contributed by atoms with Gasteiger partial charge in [-0.05, 0) is 55.2 Å². The van der Waals surface area contributed by atoms with Gasteiger partial charge in [0.1, 0.15) is 11.4 Å². The average molecular weight is 409 g/mol. The Morgan fingerprint density at radius 1 is 1.13 bits per heavy atom. The molecule has 2 heterocycles. The summed E-state index contributed by atoms with van der Waals surface area (Å²) in [7, 11) is 1.71. The highest BCUT2D eigenvalue weighted by molar-refractivity contribution is 5.93. The lowest BCUT2D eigenvalue weighted by atomic mass is 10.1. The Bertz CT molecular complexity index is 1020. The van der Waals surface area contributed by atoms with E-state index in [9.17, 15) is 9.90 Å². The third kappa shape index (κ3) is 5.01. The van der Waals surface area contributed by atoms with E-state index in [4.69, 9.17) is 0 Å². The number of hydrogen-bond acceptors (Lipinski definition) is 6. The molecule has 0 saturated carbocycles. The van der Waals surface area contributed by atoms with Crippen LogP contribution in [0.15, 0.2) is 36.5 Å². The van der Waals surface area contributed by atoms with Gasteiger partial charge in [-0.2, -0.15) is 5.10 Å². The molecule has 0 fully saturated rings. The van der Waals surface area contributed by atoms with Gasteiger partial charge in [-0.1, -0.05) is 19.9 Å². The van der Waals surface area contributed by atoms with E-state index in [1.807, 2.05) is 39.8 Å². The number of carbonyl (C=O) groups excluding carboxylic acids is 1. The van der Waals surface area contributed by atoms with E-state index < -0.39 is 0 Å². The molecule has 8 heteroatoms. The summed E-state index contributed by atoms with van der Waals surface area (Å²) >= 11 is 0. The molecule has 158 valence electrons. The van der Waals surface area contributed by atoms with Gasteiger partial charge in [0.15, 0.2) is 0 Å². The van der Waals surface area contributed by atoms with Crippen LogP contribution >= 0.6 is 0 Å². The number of nitrogens with zero attached hydrogens (tertiary/aromatic N) is 4. The first kappa shape index (κ1) is 21.4. The Labute approximate surface area is 176 Å². The Kier molecular flexibility index (Phi) is 6.47. The first-order valence-electron chi connectivity index (χ1n) is 9.91. The van der Waals surface area contributed by atoms with E-state index in [1.54, 1.807) is 25.4 Å². The molecule has 1 amide bonds. The van der Waals surface area contributed by atoms with Crippen LogP contribution in [-0.4, -0.2) is 43.4 Å². The summed E-state index contributed by atoms with van der Waals surface area (Å²) in [6.45, 7) is 7.85. The molecule has 1 aromatic carbocycles. The molecule has 2 aromatic heterocycles. The van der Waals surface area contributed by atoms with Crippen molar-refractivity contribution >= 4 is 17.5 Å². The molecule has 0 radical (unpaired) electrons. The molecule has 0 aliphatic carbocycles. The molecule has 0 unspecified atom stereocenters. The number of amides is 1. The zero-order valence-corrected chi connectivity index (χ0v) is 18.0. The van der Waals surface area contributed by atoms with Crippen molar-refractivity contribution in [2.24, 2.45) is 13.0 Å². The van der Waals surface area contributed by atoms with Crippen molar-refractivity contribution in [2.45, 2.75) is 33.7 Å². The number of rotatable bonds is 7. The van der Waals surface area contributed by atoms with Gasteiger partial charge in [-0.25, -0.2) is 9.97 Å². The number of aromatic nitrogens is 4. The fraction of sp³-hybridized carbons (Fsp3) is 0.364. The first-order valence-corrected chi connectivity index (χ1v) is 9.91. The number of benzene rings is 1. The third-order valence-electron chi connectivity index (χ3n) is 4.83. The Hall–Kier alpha value is -3.26. The monoisotopic (exact) mass is 408 g/mol. The second-order valence-electron chi connectivity index (χ2n) is 7.81. The van der Waals surface area contributed by atoms with Gasteiger partial charge in [-0.3, -0.25) is 9.48 Å². The minimum atomic E-state index is -0.316. The van der Waals surface area contributed by atoms with Crippen LogP contribution in [0.1, 0.15) is 35.5 Å². The fourth-order valence-corrected chi connectivity index (χ4v) is 3.21. The van der Waals surface area contributed by atoms with Gasteiger partial charge < -0.3 is 15.7 Å². The second-order valence-corrected chi connectivity index (χ2v) is 7.81. The predicted octanol–water partition coefficient (Wildman–Crippen LogP) is 2.98. The first-order chi connectivity index (χ1) is 14.3. The third-order valence-corrected chi connectivity index (χ3v) is 4.83. The molecular formula is C22H28N6O2. The molecule has 0 aliphatic rings. The number of aliphatic hydroxyl groups excluding tert-OH is 1. The van der Waals surface area contributed by atoms with Crippen LogP contribution in [0.2, 0.25) is 0 Å². The van der Waals surface area contributed by atoms with E-state index in [1.165, 1.54) is 4.68 Å². The quantitative estimate of drug-likeness (QED) is 0.555. The second kappa shape index (κ2) is 9.04. The average Bonchev–Trinajstić information content (AvgIpc) is 3.07. The Morgan fingerprint density at radius 3 is 2.47 bits per heavy atom. The van der Waals surface area contributed by atoms with Crippen molar-refractivity contribution in [3.63, 3.8) is 0 Å². The Balaban J connectivity index is 1.82. The largest absolute Gasteiger partial charge is 0.394 e. The molecule has 3 aromatic rings. The van der Waals surface area contributed by atoms with Crippen LogP contribution < -0.4 is 10.6 Å². The predicted molar refractivity (Wildman–Crippen MR) is 117 cm³/mol. The van der Waals surface area contributed by atoms with Crippen molar-refractivity contribution in [3.05, 3.63) is 53.3 Å². The molecule has 1 atom stereocenters. The summed E-state index contributed by atoms with van der Waals surface area (Å²) in [6, 6.07) is 9.28. The van der Waals surface area contributed by atoms with Gasteiger partial charge >= 0.3 is 0 Å². The summed E-state index contributed by atoms with van der Waals surface area (Å²) < 4.78 is 1.51. The molecule has 0 bridgehead atoms. The van der Waals surface area contributed by atoms with E-state index in [0.717, 1.165) is 16.8 Å². The lowest BCUT2D eigenvalue weighted by Gasteiger charge is -2.19.